The maximum absolute atomic E-state index is 11.7. The lowest BCUT2D eigenvalue weighted by Crippen LogP contribution is -2.06. The molecule has 0 amide bonds. The first-order chi connectivity index (χ1) is 9.12. The topological polar surface area (TPSA) is 80.4 Å². The minimum atomic E-state index is -4.08. The van der Waals surface area contributed by atoms with Gasteiger partial charge in [-0.15, -0.1) is 6.58 Å². The molecule has 0 saturated heterocycles. The van der Waals surface area contributed by atoms with E-state index in [1.165, 1.54) is 0 Å². The van der Waals surface area contributed by atoms with Gasteiger partial charge in [-0.3, -0.25) is 4.55 Å². The quantitative estimate of drug-likeness (QED) is 0.388. The van der Waals surface area contributed by atoms with E-state index in [9.17, 15) is 21.6 Å². The van der Waals surface area contributed by atoms with Crippen molar-refractivity contribution in [2.24, 2.45) is 5.73 Å². The number of halogens is 3. The Labute approximate surface area is 119 Å². The number of unbranched alkanes of at least 4 members (excludes halogenated alkanes) is 5. The molecule has 0 aromatic heterocycles. The fourth-order valence-electron chi connectivity index (χ4n) is 1.32. The highest BCUT2D eigenvalue weighted by Gasteiger charge is 2.25. The second-order valence-electron chi connectivity index (χ2n) is 4.30. The highest BCUT2D eigenvalue weighted by atomic mass is 32.2. The van der Waals surface area contributed by atoms with E-state index in [0.717, 1.165) is 0 Å². The van der Waals surface area contributed by atoms with Gasteiger partial charge in [-0.05, 0) is 12.8 Å². The molecule has 0 unspecified atom stereocenters. The van der Waals surface area contributed by atoms with Crippen LogP contribution in [-0.2, 0) is 10.1 Å². The summed E-state index contributed by atoms with van der Waals surface area (Å²) in [6.07, 6.45) is -0.199. The Kier molecular flexibility index (Phi) is 13.2. The van der Waals surface area contributed by atoms with Crippen molar-refractivity contribution in [2.75, 3.05) is 12.3 Å². The van der Waals surface area contributed by atoms with Gasteiger partial charge in [0.15, 0.2) is 0 Å². The zero-order chi connectivity index (χ0) is 16.1. The van der Waals surface area contributed by atoms with Crippen molar-refractivity contribution in [3.05, 3.63) is 12.7 Å². The van der Waals surface area contributed by atoms with Crippen LogP contribution in [0, 0.1) is 0 Å². The van der Waals surface area contributed by atoms with Gasteiger partial charge in [0.25, 0.3) is 10.1 Å². The molecule has 0 bridgehead atoms. The van der Waals surface area contributed by atoms with Crippen LogP contribution >= 0.6 is 0 Å². The van der Waals surface area contributed by atoms with Crippen LogP contribution in [0.2, 0.25) is 0 Å². The molecule has 0 heterocycles. The maximum Gasteiger partial charge on any atom is 0.389 e. The summed E-state index contributed by atoms with van der Waals surface area (Å²) in [7, 11) is -3.89. The third kappa shape index (κ3) is 26.1. The Morgan fingerprint density at radius 2 is 1.45 bits per heavy atom. The van der Waals surface area contributed by atoms with Gasteiger partial charge in [0.1, 0.15) is 0 Å². The summed E-state index contributed by atoms with van der Waals surface area (Å²) in [5.74, 6) is -0.268. The SMILES string of the molecule is C=CCN.O=S(=O)(O)CCCCCCCCC(F)(F)F. The van der Waals surface area contributed by atoms with Gasteiger partial charge in [0.05, 0.1) is 5.75 Å². The molecule has 0 aliphatic carbocycles. The van der Waals surface area contributed by atoms with E-state index in [1.807, 2.05) is 0 Å². The first kappa shape index (κ1) is 21.7. The van der Waals surface area contributed by atoms with E-state index in [-0.39, 0.29) is 12.2 Å². The molecule has 3 N–H and O–H groups in total. The van der Waals surface area contributed by atoms with Gasteiger partial charge >= 0.3 is 6.18 Å². The molecular weight excluding hydrogens is 295 g/mol. The third-order valence-electron chi connectivity index (χ3n) is 2.28. The predicted molar refractivity (Wildman–Crippen MR) is 74.0 cm³/mol. The Morgan fingerprint density at radius 1 is 1.05 bits per heavy atom. The molecular formula is C12H24F3NO3S. The second kappa shape index (κ2) is 12.2. The number of hydrogen-bond acceptors (Lipinski definition) is 3. The minimum Gasteiger partial charge on any atom is -0.327 e. The molecule has 0 atom stereocenters. The molecule has 0 aliphatic heterocycles. The average molecular weight is 319 g/mol. The van der Waals surface area contributed by atoms with Gasteiger partial charge in [-0.1, -0.05) is 31.8 Å². The lowest BCUT2D eigenvalue weighted by molar-refractivity contribution is -0.135. The van der Waals surface area contributed by atoms with E-state index in [4.69, 9.17) is 10.3 Å². The summed E-state index contributed by atoms with van der Waals surface area (Å²) in [5, 5.41) is 0. The van der Waals surface area contributed by atoms with E-state index >= 15 is 0 Å². The van der Waals surface area contributed by atoms with E-state index in [0.29, 0.717) is 38.6 Å². The highest BCUT2D eigenvalue weighted by Crippen LogP contribution is 2.23. The molecule has 4 nitrogen and oxygen atoms in total. The van der Waals surface area contributed by atoms with E-state index in [2.05, 4.69) is 6.58 Å². The molecule has 0 aromatic rings. The molecule has 0 rings (SSSR count). The van der Waals surface area contributed by atoms with Crippen molar-refractivity contribution in [2.45, 2.75) is 51.1 Å². The number of rotatable bonds is 9. The molecule has 0 fully saturated rings. The fraction of sp³-hybridized carbons (Fsp3) is 0.833. The Hall–Kier alpha value is -0.600. The summed E-state index contributed by atoms with van der Waals surface area (Å²) in [5.41, 5.74) is 4.91. The van der Waals surface area contributed by atoms with Crippen molar-refractivity contribution in [1.82, 2.24) is 0 Å². The smallest absolute Gasteiger partial charge is 0.327 e. The molecule has 0 spiro atoms. The fourth-order valence-corrected chi connectivity index (χ4v) is 1.89. The van der Waals surface area contributed by atoms with Crippen LogP contribution in [0.1, 0.15) is 44.9 Å². The largest absolute Gasteiger partial charge is 0.389 e. The summed E-state index contributed by atoms with van der Waals surface area (Å²) >= 11 is 0. The minimum absolute atomic E-state index is 0.127. The summed E-state index contributed by atoms with van der Waals surface area (Å²) in [4.78, 5) is 0. The lowest BCUT2D eigenvalue weighted by atomic mass is 10.1. The number of hydrogen-bond donors (Lipinski definition) is 2. The van der Waals surface area contributed by atoms with Gasteiger partial charge in [0, 0.05) is 13.0 Å². The normalized spacial score (nSPS) is 11.7. The van der Waals surface area contributed by atoms with Crippen molar-refractivity contribution in [3.8, 4) is 0 Å². The summed E-state index contributed by atoms with van der Waals surface area (Å²) in [6, 6.07) is 0. The highest BCUT2D eigenvalue weighted by molar-refractivity contribution is 7.85. The van der Waals surface area contributed by atoms with Gasteiger partial charge in [-0.2, -0.15) is 21.6 Å². The maximum atomic E-state index is 11.7. The molecule has 122 valence electrons. The van der Waals surface area contributed by atoms with Crippen molar-refractivity contribution in [1.29, 1.82) is 0 Å². The first-order valence-electron chi connectivity index (χ1n) is 6.45. The summed E-state index contributed by atoms with van der Waals surface area (Å²) < 4.78 is 64.2. The second-order valence-corrected chi connectivity index (χ2v) is 5.87. The molecule has 0 aliphatic rings. The summed E-state index contributed by atoms with van der Waals surface area (Å²) in [6.45, 7) is 3.94. The van der Waals surface area contributed by atoms with Crippen LogP contribution in [0.15, 0.2) is 12.7 Å². The first-order valence-corrected chi connectivity index (χ1v) is 8.06. The van der Waals surface area contributed by atoms with Crippen LogP contribution in [-0.4, -0.2) is 31.4 Å². The van der Waals surface area contributed by atoms with Crippen molar-refractivity contribution in [3.63, 3.8) is 0 Å². The Morgan fingerprint density at radius 3 is 1.80 bits per heavy atom. The molecule has 0 radical (unpaired) electrons. The van der Waals surface area contributed by atoms with Gasteiger partial charge in [-0.25, -0.2) is 0 Å². The van der Waals surface area contributed by atoms with Crippen LogP contribution in [0.4, 0.5) is 13.2 Å². The zero-order valence-electron chi connectivity index (χ0n) is 11.5. The Balaban J connectivity index is 0. The van der Waals surface area contributed by atoms with Crippen molar-refractivity contribution < 1.29 is 26.1 Å². The average Bonchev–Trinajstić information content (AvgIpc) is 2.30. The van der Waals surface area contributed by atoms with Crippen LogP contribution in [0.25, 0.3) is 0 Å². The molecule has 0 saturated carbocycles. The standard InChI is InChI=1S/C9H17F3O3S.C3H7N/c10-9(11,12)7-5-3-1-2-4-6-8-16(13,14)15;1-2-3-4/h1-8H2,(H,13,14,15);2H,1,3-4H2. The molecule has 20 heavy (non-hydrogen) atoms. The van der Waals surface area contributed by atoms with Crippen LogP contribution in [0.5, 0.6) is 0 Å². The van der Waals surface area contributed by atoms with Gasteiger partial charge < -0.3 is 5.73 Å². The van der Waals surface area contributed by atoms with Crippen LogP contribution in [0.3, 0.4) is 0 Å². The van der Waals surface area contributed by atoms with Gasteiger partial charge in [0.2, 0.25) is 0 Å². The third-order valence-corrected chi connectivity index (χ3v) is 3.08. The Bertz CT molecular complexity index is 329. The lowest BCUT2D eigenvalue weighted by Gasteiger charge is -2.05. The van der Waals surface area contributed by atoms with Crippen molar-refractivity contribution >= 4 is 10.1 Å². The molecule has 8 heteroatoms. The van der Waals surface area contributed by atoms with E-state index < -0.39 is 22.7 Å². The van der Waals surface area contributed by atoms with Crippen LogP contribution < -0.4 is 5.73 Å². The number of alkyl halides is 3. The zero-order valence-corrected chi connectivity index (χ0v) is 12.3. The molecule has 0 aromatic carbocycles. The predicted octanol–water partition coefficient (Wildman–Crippen LogP) is 3.30. The van der Waals surface area contributed by atoms with E-state index in [1.54, 1.807) is 6.08 Å². The number of nitrogens with two attached hydrogens (primary N) is 1. The monoisotopic (exact) mass is 319 g/mol.